The number of unbranched alkanes of at least 4 members (excludes halogenated alkanes) is 2. The SMILES string of the molecule is CCCCCC(C)(C)c1ccccc1OC(C)=O. The topological polar surface area (TPSA) is 26.3 Å². The van der Waals surface area contributed by atoms with E-state index in [2.05, 4.69) is 26.8 Å². The van der Waals surface area contributed by atoms with Crippen LogP contribution in [0.15, 0.2) is 24.3 Å². The van der Waals surface area contributed by atoms with E-state index in [1.54, 1.807) is 0 Å². The normalized spacial score (nSPS) is 11.3. The quantitative estimate of drug-likeness (QED) is 0.422. The Hall–Kier alpha value is -1.31. The summed E-state index contributed by atoms with van der Waals surface area (Å²) in [6.45, 7) is 8.08. The van der Waals surface area contributed by atoms with E-state index in [0.717, 1.165) is 12.0 Å². The number of rotatable bonds is 6. The maximum absolute atomic E-state index is 11.1. The Balaban J connectivity index is 2.88. The zero-order valence-corrected chi connectivity index (χ0v) is 12.0. The van der Waals surface area contributed by atoms with Gasteiger partial charge in [0.25, 0.3) is 0 Å². The van der Waals surface area contributed by atoms with Crippen molar-refractivity contribution in [3.05, 3.63) is 29.8 Å². The van der Waals surface area contributed by atoms with Gasteiger partial charge in [-0.15, -0.1) is 0 Å². The lowest BCUT2D eigenvalue weighted by Crippen LogP contribution is -2.19. The van der Waals surface area contributed by atoms with E-state index < -0.39 is 0 Å². The first kappa shape index (κ1) is 14.7. The second kappa shape index (κ2) is 6.58. The van der Waals surface area contributed by atoms with Gasteiger partial charge in [-0.2, -0.15) is 0 Å². The van der Waals surface area contributed by atoms with Crippen LogP contribution in [0.3, 0.4) is 0 Å². The van der Waals surface area contributed by atoms with E-state index in [4.69, 9.17) is 4.74 Å². The molecule has 0 saturated heterocycles. The molecule has 0 saturated carbocycles. The molecule has 0 atom stereocenters. The number of hydrogen-bond donors (Lipinski definition) is 0. The third kappa shape index (κ3) is 4.17. The molecule has 0 heterocycles. The number of hydrogen-bond acceptors (Lipinski definition) is 2. The fourth-order valence-electron chi connectivity index (χ4n) is 2.22. The Morgan fingerprint density at radius 2 is 1.89 bits per heavy atom. The van der Waals surface area contributed by atoms with Crippen LogP contribution < -0.4 is 4.74 Å². The lowest BCUT2D eigenvalue weighted by molar-refractivity contribution is -0.131. The van der Waals surface area contributed by atoms with E-state index in [0.29, 0.717) is 5.75 Å². The fraction of sp³-hybridized carbons (Fsp3) is 0.562. The standard InChI is InChI=1S/C16H24O2/c1-5-6-9-12-16(3,4)14-10-7-8-11-15(14)18-13(2)17/h7-8,10-11H,5-6,9,12H2,1-4H3. The molecule has 0 spiro atoms. The summed E-state index contributed by atoms with van der Waals surface area (Å²) >= 11 is 0. The first-order chi connectivity index (χ1) is 8.47. The van der Waals surface area contributed by atoms with Gasteiger partial charge < -0.3 is 4.74 Å². The molecule has 1 rings (SSSR count). The molecule has 2 nitrogen and oxygen atoms in total. The van der Waals surface area contributed by atoms with Crippen molar-refractivity contribution in [3.8, 4) is 5.75 Å². The second-order valence-corrected chi connectivity index (χ2v) is 5.43. The van der Waals surface area contributed by atoms with Gasteiger partial charge in [-0.05, 0) is 17.9 Å². The van der Waals surface area contributed by atoms with Crippen molar-refractivity contribution in [2.24, 2.45) is 0 Å². The molecule has 0 bridgehead atoms. The number of carbonyl (C=O) groups excluding carboxylic acids is 1. The van der Waals surface area contributed by atoms with Gasteiger partial charge >= 0.3 is 5.97 Å². The van der Waals surface area contributed by atoms with Gasteiger partial charge in [0.15, 0.2) is 0 Å². The summed E-state index contributed by atoms with van der Waals surface area (Å²) in [5, 5.41) is 0. The van der Waals surface area contributed by atoms with Crippen molar-refractivity contribution in [2.75, 3.05) is 0 Å². The van der Waals surface area contributed by atoms with E-state index in [9.17, 15) is 4.79 Å². The van der Waals surface area contributed by atoms with Crippen molar-refractivity contribution < 1.29 is 9.53 Å². The maximum Gasteiger partial charge on any atom is 0.308 e. The first-order valence-electron chi connectivity index (χ1n) is 6.75. The summed E-state index contributed by atoms with van der Waals surface area (Å²) in [6.07, 6.45) is 4.79. The smallest absolute Gasteiger partial charge is 0.308 e. The Bertz CT molecular complexity index is 394. The molecule has 0 aliphatic heterocycles. The first-order valence-corrected chi connectivity index (χ1v) is 6.75. The van der Waals surface area contributed by atoms with Crippen molar-refractivity contribution in [1.82, 2.24) is 0 Å². The molecule has 0 aliphatic rings. The second-order valence-electron chi connectivity index (χ2n) is 5.43. The molecule has 1 aromatic rings. The summed E-state index contributed by atoms with van der Waals surface area (Å²) in [4.78, 5) is 11.1. The predicted octanol–water partition coefficient (Wildman–Crippen LogP) is 4.47. The highest BCUT2D eigenvalue weighted by atomic mass is 16.5. The summed E-state index contributed by atoms with van der Waals surface area (Å²) < 4.78 is 5.30. The van der Waals surface area contributed by atoms with E-state index in [-0.39, 0.29) is 11.4 Å². The van der Waals surface area contributed by atoms with Gasteiger partial charge in [0, 0.05) is 12.5 Å². The Morgan fingerprint density at radius 1 is 1.22 bits per heavy atom. The Morgan fingerprint density at radius 3 is 2.50 bits per heavy atom. The predicted molar refractivity (Wildman–Crippen MR) is 74.9 cm³/mol. The highest BCUT2D eigenvalue weighted by molar-refractivity contribution is 5.70. The molecule has 0 amide bonds. The van der Waals surface area contributed by atoms with Gasteiger partial charge in [0.05, 0.1) is 0 Å². The number of esters is 1. The summed E-state index contributed by atoms with van der Waals surface area (Å²) in [7, 11) is 0. The molecule has 18 heavy (non-hydrogen) atoms. The molecule has 0 aromatic heterocycles. The number of para-hydroxylation sites is 1. The molecule has 0 fully saturated rings. The summed E-state index contributed by atoms with van der Waals surface area (Å²) in [6, 6.07) is 7.84. The molecule has 100 valence electrons. The van der Waals surface area contributed by atoms with Crippen molar-refractivity contribution in [1.29, 1.82) is 0 Å². The average Bonchev–Trinajstić information content (AvgIpc) is 2.29. The van der Waals surface area contributed by atoms with E-state index >= 15 is 0 Å². The lowest BCUT2D eigenvalue weighted by Gasteiger charge is -2.27. The minimum atomic E-state index is -0.258. The summed E-state index contributed by atoms with van der Waals surface area (Å²) in [5.74, 6) is 0.443. The van der Waals surface area contributed by atoms with Crippen LogP contribution >= 0.6 is 0 Å². The van der Waals surface area contributed by atoms with Crippen LogP contribution in [-0.4, -0.2) is 5.97 Å². The van der Waals surface area contributed by atoms with Crippen LogP contribution in [0.5, 0.6) is 5.75 Å². The highest BCUT2D eigenvalue weighted by Gasteiger charge is 2.24. The molecule has 2 heteroatoms. The van der Waals surface area contributed by atoms with Crippen molar-refractivity contribution in [3.63, 3.8) is 0 Å². The average molecular weight is 248 g/mol. The zero-order chi connectivity index (χ0) is 13.6. The fourth-order valence-corrected chi connectivity index (χ4v) is 2.22. The minimum Gasteiger partial charge on any atom is -0.426 e. The lowest BCUT2D eigenvalue weighted by atomic mass is 9.79. The van der Waals surface area contributed by atoms with Crippen LogP contribution in [0, 0.1) is 0 Å². The maximum atomic E-state index is 11.1. The Labute approximate surface area is 110 Å². The molecule has 0 aliphatic carbocycles. The van der Waals surface area contributed by atoms with Crippen LogP contribution in [0.2, 0.25) is 0 Å². The van der Waals surface area contributed by atoms with E-state index in [1.807, 2.05) is 18.2 Å². The van der Waals surface area contributed by atoms with Gasteiger partial charge in [0.1, 0.15) is 5.75 Å². The van der Waals surface area contributed by atoms with Crippen molar-refractivity contribution in [2.45, 2.75) is 58.8 Å². The van der Waals surface area contributed by atoms with Crippen LogP contribution in [0.1, 0.15) is 58.9 Å². The molecular formula is C16H24O2. The molecule has 0 N–H and O–H groups in total. The Kier molecular flexibility index (Phi) is 5.39. The minimum absolute atomic E-state index is 0.0429. The van der Waals surface area contributed by atoms with Crippen LogP contribution in [0.4, 0.5) is 0 Å². The van der Waals surface area contributed by atoms with Gasteiger partial charge in [0.2, 0.25) is 0 Å². The molecule has 0 radical (unpaired) electrons. The van der Waals surface area contributed by atoms with Crippen LogP contribution in [0.25, 0.3) is 0 Å². The highest BCUT2D eigenvalue weighted by Crippen LogP contribution is 2.35. The molecular weight excluding hydrogens is 224 g/mol. The number of carbonyl (C=O) groups is 1. The summed E-state index contributed by atoms with van der Waals surface area (Å²) in [5.41, 5.74) is 1.16. The number of ether oxygens (including phenoxy) is 1. The van der Waals surface area contributed by atoms with Crippen molar-refractivity contribution >= 4 is 5.97 Å². The van der Waals surface area contributed by atoms with Gasteiger partial charge in [-0.25, -0.2) is 0 Å². The van der Waals surface area contributed by atoms with Gasteiger partial charge in [-0.3, -0.25) is 4.79 Å². The van der Waals surface area contributed by atoms with Gasteiger partial charge in [-0.1, -0.05) is 58.2 Å². The van der Waals surface area contributed by atoms with Crippen LogP contribution in [-0.2, 0) is 10.2 Å². The monoisotopic (exact) mass is 248 g/mol. The van der Waals surface area contributed by atoms with E-state index in [1.165, 1.54) is 26.2 Å². The largest absolute Gasteiger partial charge is 0.426 e. The third-order valence-corrected chi connectivity index (χ3v) is 3.28. The molecule has 1 aromatic carbocycles. The molecule has 0 unspecified atom stereocenters. The zero-order valence-electron chi connectivity index (χ0n) is 12.0. The third-order valence-electron chi connectivity index (χ3n) is 3.28. The number of benzene rings is 1.